The molecule has 146 valence electrons. The third-order valence-corrected chi connectivity index (χ3v) is 5.78. The lowest BCUT2D eigenvalue weighted by Crippen LogP contribution is -2.36. The van der Waals surface area contributed by atoms with Crippen molar-refractivity contribution in [2.75, 3.05) is 6.54 Å². The number of carbonyl (C=O) groups is 1. The average Bonchev–Trinajstić information content (AvgIpc) is 3.09. The molecule has 3 nitrogen and oxygen atoms in total. The topological polar surface area (TPSA) is 40.5 Å². The zero-order chi connectivity index (χ0) is 19.2. The fourth-order valence-electron chi connectivity index (χ4n) is 3.26. The number of aliphatic hydroxyl groups excluding tert-OH is 1. The van der Waals surface area contributed by atoms with E-state index in [2.05, 4.69) is 6.92 Å². The second-order valence-electron chi connectivity index (χ2n) is 7.04. The van der Waals surface area contributed by atoms with Crippen molar-refractivity contribution in [3.63, 3.8) is 0 Å². The molecule has 2 heterocycles. The van der Waals surface area contributed by atoms with E-state index in [1.165, 1.54) is 14.7 Å². The predicted molar refractivity (Wildman–Crippen MR) is 102 cm³/mol. The van der Waals surface area contributed by atoms with Crippen molar-refractivity contribution in [3.05, 3.63) is 34.0 Å². The lowest BCUT2D eigenvalue weighted by molar-refractivity contribution is -0.148. The maximum atomic E-state index is 13.9. The number of amides is 1. The van der Waals surface area contributed by atoms with Gasteiger partial charge in [0.1, 0.15) is 0 Å². The Balaban J connectivity index is 1.91. The van der Waals surface area contributed by atoms with Gasteiger partial charge >= 0.3 is 5.92 Å². The van der Waals surface area contributed by atoms with Gasteiger partial charge in [0, 0.05) is 22.7 Å². The third kappa shape index (κ3) is 5.88. The number of nitrogens with zero attached hydrogens (tertiary/aromatic N) is 1. The molecular formula is C20H29F2NO2S. The summed E-state index contributed by atoms with van der Waals surface area (Å²) in [6, 6.07) is 3.45. The lowest BCUT2D eigenvalue weighted by Gasteiger charge is -2.21. The molecule has 0 saturated carbocycles. The molecular weight excluding hydrogens is 356 g/mol. The van der Waals surface area contributed by atoms with Gasteiger partial charge in [-0.15, -0.1) is 11.3 Å². The number of carbonyl (C=O) groups excluding carboxylic acids is 1. The summed E-state index contributed by atoms with van der Waals surface area (Å²) in [5, 5.41) is 9.97. The van der Waals surface area contributed by atoms with Crippen LogP contribution in [0.3, 0.4) is 0 Å². The Bertz CT molecular complexity index is 615. The van der Waals surface area contributed by atoms with Crippen LogP contribution in [-0.2, 0) is 11.2 Å². The number of hydrogen-bond acceptors (Lipinski definition) is 3. The van der Waals surface area contributed by atoms with E-state index < -0.39 is 30.4 Å². The Morgan fingerprint density at radius 2 is 2.15 bits per heavy atom. The normalized spacial score (nSPS) is 21.0. The molecule has 1 amide bonds. The summed E-state index contributed by atoms with van der Waals surface area (Å²) in [6.45, 7) is 4.43. The van der Waals surface area contributed by atoms with Gasteiger partial charge in [0.2, 0.25) is 0 Å². The highest BCUT2D eigenvalue weighted by molar-refractivity contribution is 7.11. The molecule has 6 heteroatoms. The van der Waals surface area contributed by atoms with E-state index in [4.69, 9.17) is 0 Å². The number of likely N-dealkylation sites (tertiary alicyclic amines) is 1. The van der Waals surface area contributed by atoms with Gasteiger partial charge in [0.05, 0.1) is 12.1 Å². The molecule has 1 aromatic heterocycles. The maximum Gasteiger partial charge on any atom is 0.327 e. The summed E-state index contributed by atoms with van der Waals surface area (Å²) in [5.74, 6) is -4.39. The summed E-state index contributed by atoms with van der Waals surface area (Å²) in [6.07, 6.45) is 7.11. The average molecular weight is 386 g/mol. The van der Waals surface area contributed by atoms with Crippen molar-refractivity contribution >= 4 is 17.2 Å². The molecule has 0 aliphatic carbocycles. The largest absolute Gasteiger partial charge is 0.389 e. The van der Waals surface area contributed by atoms with Crippen molar-refractivity contribution in [3.8, 4) is 0 Å². The van der Waals surface area contributed by atoms with Crippen molar-refractivity contribution in [1.82, 2.24) is 4.90 Å². The molecule has 1 aliphatic rings. The van der Waals surface area contributed by atoms with Crippen molar-refractivity contribution in [2.45, 2.75) is 76.9 Å². The molecule has 1 N–H and O–H groups in total. The van der Waals surface area contributed by atoms with Crippen LogP contribution in [-0.4, -0.2) is 40.5 Å². The van der Waals surface area contributed by atoms with Gasteiger partial charge < -0.3 is 10.0 Å². The third-order valence-electron chi connectivity index (χ3n) is 4.72. The van der Waals surface area contributed by atoms with Crippen LogP contribution < -0.4 is 0 Å². The summed E-state index contributed by atoms with van der Waals surface area (Å²) in [7, 11) is 0. The van der Waals surface area contributed by atoms with Gasteiger partial charge in [-0.25, -0.2) is 0 Å². The number of hydrogen-bond donors (Lipinski definition) is 1. The molecule has 1 saturated heterocycles. The van der Waals surface area contributed by atoms with Gasteiger partial charge in [-0.2, -0.15) is 8.78 Å². The second kappa shape index (κ2) is 9.60. The minimum atomic E-state index is -3.30. The van der Waals surface area contributed by atoms with Gasteiger partial charge in [0.15, 0.2) is 0 Å². The number of unbranched alkanes of at least 4 members (excludes halogenated alkanes) is 2. The number of alkyl halides is 2. The highest BCUT2D eigenvalue weighted by atomic mass is 32.1. The number of thiophene rings is 1. The summed E-state index contributed by atoms with van der Waals surface area (Å²) in [4.78, 5) is 15.7. The Morgan fingerprint density at radius 3 is 2.81 bits per heavy atom. The monoisotopic (exact) mass is 385 g/mol. The highest BCUT2D eigenvalue weighted by Gasteiger charge is 2.52. The minimum Gasteiger partial charge on any atom is -0.389 e. The van der Waals surface area contributed by atoms with Crippen LogP contribution in [0.1, 0.15) is 55.2 Å². The fourth-order valence-corrected chi connectivity index (χ4v) is 4.19. The van der Waals surface area contributed by atoms with E-state index in [0.717, 1.165) is 25.7 Å². The molecule has 0 spiro atoms. The molecule has 1 unspecified atom stereocenters. The Morgan fingerprint density at radius 1 is 1.38 bits per heavy atom. The Kier molecular flexibility index (Phi) is 7.77. The molecule has 2 atom stereocenters. The van der Waals surface area contributed by atoms with Crippen LogP contribution in [0.4, 0.5) is 8.78 Å². The maximum absolute atomic E-state index is 13.9. The van der Waals surface area contributed by atoms with E-state index in [1.807, 2.05) is 19.1 Å². The van der Waals surface area contributed by atoms with E-state index in [9.17, 15) is 18.7 Å². The summed E-state index contributed by atoms with van der Waals surface area (Å²) >= 11 is 1.70. The summed E-state index contributed by atoms with van der Waals surface area (Å²) in [5.41, 5.74) is 0. The standard InChI is InChI=1S/C20H29F2NO2S/c1-3-4-5-7-17(24)11-10-16-14-20(21,22)19(25)23(16)13-6-8-18-12-9-15(2)26-18/h9-12,16-17,24H,3-8,13-14H2,1-2H3/b11-10+/t16-,17?/m0/s1. The molecule has 1 fully saturated rings. The van der Waals surface area contributed by atoms with Crippen molar-refractivity contribution in [2.24, 2.45) is 0 Å². The first-order valence-corrected chi connectivity index (χ1v) is 10.3. The zero-order valence-electron chi connectivity index (χ0n) is 15.6. The fraction of sp³-hybridized carbons (Fsp3) is 0.650. The SMILES string of the molecule is CCCCCC(O)/C=C/[C@H]1CC(F)(F)C(=O)N1CCCc1ccc(C)s1. The first-order valence-electron chi connectivity index (χ1n) is 9.44. The number of halogens is 2. The van der Waals surface area contributed by atoms with Crippen LogP contribution >= 0.6 is 11.3 Å². The smallest absolute Gasteiger partial charge is 0.327 e. The van der Waals surface area contributed by atoms with Crippen molar-refractivity contribution in [1.29, 1.82) is 0 Å². The number of aliphatic hydroxyl groups is 1. The van der Waals surface area contributed by atoms with Gasteiger partial charge in [-0.3, -0.25) is 4.79 Å². The van der Waals surface area contributed by atoms with Crippen LogP contribution in [0, 0.1) is 6.92 Å². The first kappa shape index (κ1) is 21.0. The number of aryl methyl sites for hydroxylation is 2. The van der Waals surface area contributed by atoms with Gasteiger partial charge in [0.25, 0.3) is 5.91 Å². The molecule has 2 rings (SSSR count). The van der Waals surface area contributed by atoms with Crippen LogP contribution in [0.25, 0.3) is 0 Å². The van der Waals surface area contributed by atoms with Crippen LogP contribution in [0.15, 0.2) is 24.3 Å². The highest BCUT2D eigenvalue weighted by Crippen LogP contribution is 2.34. The molecule has 26 heavy (non-hydrogen) atoms. The predicted octanol–water partition coefficient (Wildman–Crippen LogP) is 4.72. The first-order chi connectivity index (χ1) is 12.3. The quantitative estimate of drug-likeness (QED) is 0.467. The van der Waals surface area contributed by atoms with E-state index >= 15 is 0 Å². The van der Waals surface area contributed by atoms with E-state index in [0.29, 0.717) is 19.4 Å². The molecule has 1 aliphatic heterocycles. The minimum absolute atomic E-state index is 0.312. The summed E-state index contributed by atoms with van der Waals surface area (Å²) < 4.78 is 27.8. The van der Waals surface area contributed by atoms with Gasteiger partial charge in [-0.05, 0) is 38.3 Å². The van der Waals surface area contributed by atoms with Crippen LogP contribution in [0.5, 0.6) is 0 Å². The number of rotatable bonds is 10. The van der Waals surface area contributed by atoms with Crippen LogP contribution in [0.2, 0.25) is 0 Å². The molecule has 0 aromatic carbocycles. The Hall–Kier alpha value is -1.27. The molecule has 1 aromatic rings. The second-order valence-corrected chi connectivity index (χ2v) is 8.41. The van der Waals surface area contributed by atoms with Gasteiger partial charge in [-0.1, -0.05) is 38.3 Å². The van der Waals surface area contributed by atoms with E-state index in [1.54, 1.807) is 23.5 Å². The van der Waals surface area contributed by atoms with E-state index in [-0.39, 0.29) is 0 Å². The lowest BCUT2D eigenvalue weighted by atomic mass is 10.1. The molecule has 0 radical (unpaired) electrons. The Labute approximate surface area is 158 Å². The van der Waals surface area contributed by atoms with Crippen molar-refractivity contribution < 1.29 is 18.7 Å². The zero-order valence-corrected chi connectivity index (χ0v) is 16.4. The molecule has 0 bridgehead atoms.